The standard InChI is InChI=1S/C9H12N2O2/c1-2-13-9(12)7-5-10-11-8(7)6-3-4-6/h5-6H,2-4H2,1H3,(H,10,11). The number of nitrogens with one attached hydrogen (secondary N) is 1. The van der Waals surface area contributed by atoms with Crippen LogP contribution in [0.2, 0.25) is 0 Å². The molecular formula is C9H12N2O2. The number of ether oxygens (including phenoxy) is 1. The van der Waals surface area contributed by atoms with E-state index in [4.69, 9.17) is 4.74 Å². The number of aromatic nitrogens is 2. The van der Waals surface area contributed by atoms with Gasteiger partial charge in [0.15, 0.2) is 0 Å². The van der Waals surface area contributed by atoms with Crippen LogP contribution in [0.25, 0.3) is 0 Å². The average Bonchev–Trinajstić information content (AvgIpc) is 2.84. The highest BCUT2D eigenvalue weighted by molar-refractivity contribution is 5.90. The number of nitrogens with zero attached hydrogens (tertiary/aromatic N) is 1. The summed E-state index contributed by atoms with van der Waals surface area (Å²) in [5.41, 5.74) is 1.54. The van der Waals surface area contributed by atoms with Crippen LogP contribution in [0.4, 0.5) is 0 Å². The van der Waals surface area contributed by atoms with Crippen LogP contribution < -0.4 is 0 Å². The Hall–Kier alpha value is -1.32. The maximum Gasteiger partial charge on any atom is 0.341 e. The second-order valence-electron chi connectivity index (χ2n) is 3.19. The lowest BCUT2D eigenvalue weighted by atomic mass is 10.2. The zero-order chi connectivity index (χ0) is 9.26. The van der Waals surface area contributed by atoms with Crippen molar-refractivity contribution in [1.82, 2.24) is 10.2 Å². The minimum Gasteiger partial charge on any atom is -0.462 e. The quantitative estimate of drug-likeness (QED) is 0.716. The molecule has 1 aromatic rings. The molecule has 0 atom stereocenters. The summed E-state index contributed by atoms with van der Waals surface area (Å²) in [4.78, 5) is 11.4. The summed E-state index contributed by atoms with van der Waals surface area (Å²) in [6.45, 7) is 2.21. The third-order valence-electron chi connectivity index (χ3n) is 2.15. The number of carbonyl (C=O) groups excluding carboxylic acids is 1. The first kappa shape index (κ1) is 8.29. The fourth-order valence-electron chi connectivity index (χ4n) is 1.35. The zero-order valence-electron chi connectivity index (χ0n) is 7.54. The van der Waals surface area contributed by atoms with Crippen LogP contribution in [0, 0.1) is 0 Å². The third-order valence-corrected chi connectivity index (χ3v) is 2.15. The molecule has 0 radical (unpaired) electrons. The molecule has 70 valence electrons. The van der Waals surface area contributed by atoms with Crippen molar-refractivity contribution in [3.63, 3.8) is 0 Å². The minimum absolute atomic E-state index is 0.266. The third kappa shape index (κ3) is 1.56. The maximum absolute atomic E-state index is 11.4. The Morgan fingerprint density at radius 1 is 1.77 bits per heavy atom. The SMILES string of the molecule is CCOC(=O)c1cn[nH]c1C1CC1. The fourth-order valence-corrected chi connectivity index (χ4v) is 1.35. The van der Waals surface area contributed by atoms with E-state index < -0.39 is 0 Å². The van der Waals surface area contributed by atoms with Crippen LogP contribution in [-0.4, -0.2) is 22.8 Å². The van der Waals surface area contributed by atoms with E-state index in [1.165, 1.54) is 0 Å². The molecule has 1 aliphatic rings. The minimum atomic E-state index is -0.266. The number of carbonyl (C=O) groups is 1. The lowest BCUT2D eigenvalue weighted by Gasteiger charge is -2.00. The Morgan fingerprint density at radius 3 is 3.15 bits per heavy atom. The van der Waals surface area contributed by atoms with Gasteiger partial charge in [-0.15, -0.1) is 0 Å². The summed E-state index contributed by atoms with van der Waals surface area (Å²) in [7, 11) is 0. The molecular weight excluding hydrogens is 168 g/mol. The second kappa shape index (κ2) is 3.20. The van der Waals surface area contributed by atoms with Crippen molar-refractivity contribution in [2.24, 2.45) is 0 Å². The molecule has 4 nitrogen and oxygen atoms in total. The zero-order valence-corrected chi connectivity index (χ0v) is 7.54. The van der Waals surface area contributed by atoms with E-state index >= 15 is 0 Å². The summed E-state index contributed by atoms with van der Waals surface area (Å²) < 4.78 is 4.91. The highest BCUT2D eigenvalue weighted by Gasteiger charge is 2.30. The van der Waals surface area contributed by atoms with Gasteiger partial charge < -0.3 is 4.74 Å². The Morgan fingerprint density at radius 2 is 2.54 bits per heavy atom. The Balaban J connectivity index is 2.18. The molecule has 1 aliphatic carbocycles. The van der Waals surface area contributed by atoms with Gasteiger partial charge in [0.1, 0.15) is 5.56 Å². The predicted octanol–water partition coefficient (Wildman–Crippen LogP) is 1.46. The lowest BCUT2D eigenvalue weighted by Crippen LogP contribution is -2.05. The number of aromatic amines is 1. The topological polar surface area (TPSA) is 55.0 Å². The predicted molar refractivity (Wildman–Crippen MR) is 46.5 cm³/mol. The van der Waals surface area contributed by atoms with E-state index in [9.17, 15) is 4.79 Å². The van der Waals surface area contributed by atoms with Gasteiger partial charge in [-0.25, -0.2) is 4.79 Å². The highest BCUT2D eigenvalue weighted by Crippen LogP contribution is 2.40. The summed E-state index contributed by atoms with van der Waals surface area (Å²) >= 11 is 0. The monoisotopic (exact) mass is 180 g/mol. The number of hydrogen-bond donors (Lipinski definition) is 1. The van der Waals surface area contributed by atoms with E-state index in [0.717, 1.165) is 18.5 Å². The molecule has 0 aliphatic heterocycles. The van der Waals surface area contributed by atoms with Crippen LogP contribution >= 0.6 is 0 Å². The number of H-pyrrole nitrogens is 1. The smallest absolute Gasteiger partial charge is 0.341 e. The average molecular weight is 180 g/mol. The Labute approximate surface area is 76.3 Å². The van der Waals surface area contributed by atoms with Crippen LogP contribution in [0.15, 0.2) is 6.20 Å². The summed E-state index contributed by atoms with van der Waals surface area (Å²) in [6.07, 6.45) is 3.84. The van der Waals surface area contributed by atoms with Gasteiger partial charge in [-0.2, -0.15) is 5.10 Å². The molecule has 13 heavy (non-hydrogen) atoms. The number of esters is 1. The molecule has 0 unspecified atom stereocenters. The number of rotatable bonds is 3. The van der Waals surface area contributed by atoms with Gasteiger partial charge in [-0.05, 0) is 19.8 Å². The summed E-state index contributed by atoms with van der Waals surface area (Å²) in [6, 6.07) is 0. The van der Waals surface area contributed by atoms with E-state index in [1.54, 1.807) is 13.1 Å². The van der Waals surface area contributed by atoms with E-state index in [-0.39, 0.29) is 5.97 Å². The molecule has 0 amide bonds. The molecule has 0 bridgehead atoms. The lowest BCUT2D eigenvalue weighted by molar-refractivity contribution is 0.0525. The fraction of sp³-hybridized carbons (Fsp3) is 0.556. The van der Waals surface area contributed by atoms with Crippen LogP contribution in [0.5, 0.6) is 0 Å². The second-order valence-corrected chi connectivity index (χ2v) is 3.19. The van der Waals surface area contributed by atoms with E-state index in [1.807, 2.05) is 0 Å². The molecule has 0 spiro atoms. The van der Waals surface area contributed by atoms with Gasteiger partial charge in [-0.3, -0.25) is 5.10 Å². The first-order valence-corrected chi connectivity index (χ1v) is 4.53. The van der Waals surface area contributed by atoms with Gasteiger partial charge in [-0.1, -0.05) is 0 Å². The Bertz CT molecular complexity index is 315. The molecule has 1 saturated carbocycles. The van der Waals surface area contributed by atoms with Crippen molar-refractivity contribution in [3.8, 4) is 0 Å². The molecule has 4 heteroatoms. The molecule has 1 fully saturated rings. The number of hydrogen-bond acceptors (Lipinski definition) is 3. The van der Waals surface area contributed by atoms with Gasteiger partial charge in [0.25, 0.3) is 0 Å². The maximum atomic E-state index is 11.4. The van der Waals surface area contributed by atoms with E-state index in [2.05, 4.69) is 10.2 Å². The molecule has 2 rings (SSSR count). The summed E-state index contributed by atoms with van der Waals surface area (Å²) in [5.74, 6) is 0.236. The first-order valence-electron chi connectivity index (χ1n) is 4.53. The summed E-state index contributed by atoms with van der Waals surface area (Å²) in [5, 5.41) is 6.72. The van der Waals surface area contributed by atoms with Crippen molar-refractivity contribution >= 4 is 5.97 Å². The van der Waals surface area contributed by atoms with Gasteiger partial charge in [0, 0.05) is 5.92 Å². The van der Waals surface area contributed by atoms with Crippen molar-refractivity contribution in [3.05, 3.63) is 17.5 Å². The van der Waals surface area contributed by atoms with Crippen molar-refractivity contribution < 1.29 is 9.53 Å². The van der Waals surface area contributed by atoms with Gasteiger partial charge in [0.05, 0.1) is 18.5 Å². The first-order chi connectivity index (χ1) is 6.33. The van der Waals surface area contributed by atoms with Crippen molar-refractivity contribution in [2.45, 2.75) is 25.7 Å². The van der Waals surface area contributed by atoms with Crippen molar-refractivity contribution in [1.29, 1.82) is 0 Å². The van der Waals surface area contributed by atoms with Crippen LogP contribution in [0.3, 0.4) is 0 Å². The molecule has 0 saturated heterocycles. The van der Waals surface area contributed by atoms with E-state index in [0.29, 0.717) is 18.1 Å². The Kier molecular flexibility index (Phi) is 2.04. The molecule has 1 heterocycles. The normalized spacial score (nSPS) is 15.8. The van der Waals surface area contributed by atoms with Crippen LogP contribution in [0.1, 0.15) is 41.7 Å². The molecule has 0 aromatic carbocycles. The largest absolute Gasteiger partial charge is 0.462 e. The van der Waals surface area contributed by atoms with Gasteiger partial charge in [0.2, 0.25) is 0 Å². The molecule has 1 N–H and O–H groups in total. The van der Waals surface area contributed by atoms with Crippen molar-refractivity contribution in [2.75, 3.05) is 6.61 Å². The van der Waals surface area contributed by atoms with Crippen LogP contribution in [-0.2, 0) is 4.74 Å². The molecule has 1 aromatic heterocycles. The highest BCUT2D eigenvalue weighted by atomic mass is 16.5. The van der Waals surface area contributed by atoms with Gasteiger partial charge >= 0.3 is 5.97 Å².